The minimum Gasteiger partial charge on any atom is -0.383 e. The predicted octanol–water partition coefficient (Wildman–Crippen LogP) is 2.03. The molecule has 0 saturated carbocycles. The molecule has 0 aromatic carbocycles. The largest absolute Gasteiger partial charge is 0.383 e. The highest BCUT2D eigenvalue weighted by molar-refractivity contribution is 9.10. The summed E-state index contributed by atoms with van der Waals surface area (Å²) in [7, 11) is -3.73. The van der Waals surface area contributed by atoms with E-state index in [-0.39, 0.29) is 17.3 Å². The molecule has 0 radical (unpaired) electrons. The Kier molecular flexibility index (Phi) is 4.92. The molecule has 0 aliphatic rings. The van der Waals surface area contributed by atoms with E-state index in [0.717, 1.165) is 0 Å². The molecule has 0 unspecified atom stereocenters. The molecule has 2 aromatic heterocycles. The molecule has 8 heteroatoms. The molecule has 0 aliphatic carbocycles. The summed E-state index contributed by atoms with van der Waals surface area (Å²) < 4.78 is 27.3. The molecule has 0 fully saturated rings. The van der Waals surface area contributed by atoms with Gasteiger partial charge in [0.25, 0.3) is 0 Å². The van der Waals surface area contributed by atoms with Crippen molar-refractivity contribution in [2.75, 3.05) is 12.3 Å². The number of rotatable bonds is 5. The highest BCUT2D eigenvalue weighted by Crippen LogP contribution is 2.24. The molecule has 0 amide bonds. The zero-order valence-corrected chi connectivity index (χ0v) is 13.8. The number of nitrogen functional groups attached to an aromatic ring is 1. The van der Waals surface area contributed by atoms with Crippen LogP contribution in [-0.4, -0.2) is 29.2 Å². The van der Waals surface area contributed by atoms with Gasteiger partial charge < -0.3 is 5.73 Å². The van der Waals surface area contributed by atoms with E-state index in [9.17, 15) is 8.42 Å². The van der Waals surface area contributed by atoms with E-state index in [1.165, 1.54) is 16.6 Å². The quantitative estimate of drug-likeness (QED) is 0.869. The van der Waals surface area contributed by atoms with Gasteiger partial charge in [0.2, 0.25) is 10.0 Å². The molecule has 0 spiro atoms. The molecule has 0 aliphatic heterocycles. The first-order chi connectivity index (χ1) is 9.95. The SMILES string of the molecule is CCN(Cc1ccccn1)S(=O)(=O)c1cc(Br)cnc1N. The molecule has 2 rings (SSSR count). The summed E-state index contributed by atoms with van der Waals surface area (Å²) in [6.45, 7) is 2.26. The van der Waals surface area contributed by atoms with Crippen LogP contribution in [0.15, 0.2) is 46.0 Å². The van der Waals surface area contributed by atoms with E-state index in [4.69, 9.17) is 5.73 Å². The second-order valence-electron chi connectivity index (χ2n) is 4.29. The molecule has 112 valence electrons. The number of hydrogen-bond donors (Lipinski definition) is 1. The minimum absolute atomic E-state index is 0.00495. The van der Waals surface area contributed by atoms with E-state index in [2.05, 4.69) is 25.9 Å². The van der Waals surface area contributed by atoms with Gasteiger partial charge in [0.15, 0.2) is 0 Å². The van der Waals surface area contributed by atoms with Gasteiger partial charge in [-0.25, -0.2) is 13.4 Å². The standard InChI is InChI=1S/C13H15BrN4O2S/c1-2-18(9-11-5-3-4-6-16-11)21(19,20)12-7-10(14)8-17-13(12)15/h3-8H,2,9H2,1H3,(H2,15,17). The van der Waals surface area contributed by atoms with Gasteiger partial charge in [-0.3, -0.25) is 4.98 Å². The van der Waals surface area contributed by atoms with E-state index in [1.807, 2.05) is 6.07 Å². The van der Waals surface area contributed by atoms with Crippen molar-refractivity contribution in [1.82, 2.24) is 14.3 Å². The van der Waals surface area contributed by atoms with Gasteiger partial charge in [0.1, 0.15) is 10.7 Å². The van der Waals surface area contributed by atoms with Crippen LogP contribution in [0.1, 0.15) is 12.6 Å². The number of pyridine rings is 2. The summed E-state index contributed by atoms with van der Waals surface area (Å²) in [5.74, 6) is -0.0160. The van der Waals surface area contributed by atoms with Gasteiger partial charge in [0, 0.05) is 23.4 Å². The molecule has 6 nitrogen and oxygen atoms in total. The third kappa shape index (κ3) is 3.58. The summed E-state index contributed by atoms with van der Waals surface area (Å²) in [4.78, 5) is 8.02. The molecule has 2 N–H and O–H groups in total. The van der Waals surface area contributed by atoms with E-state index in [1.54, 1.807) is 25.3 Å². The Hall–Kier alpha value is -1.51. The smallest absolute Gasteiger partial charge is 0.247 e. The first kappa shape index (κ1) is 15.9. The van der Waals surface area contributed by atoms with Crippen LogP contribution in [0.3, 0.4) is 0 Å². The monoisotopic (exact) mass is 370 g/mol. The second-order valence-corrected chi connectivity index (χ2v) is 7.11. The Bertz CT molecular complexity index is 722. The van der Waals surface area contributed by atoms with Crippen molar-refractivity contribution < 1.29 is 8.42 Å². The average Bonchev–Trinajstić information content (AvgIpc) is 2.48. The van der Waals surface area contributed by atoms with Crippen LogP contribution < -0.4 is 5.73 Å². The maximum atomic E-state index is 12.7. The lowest BCUT2D eigenvalue weighted by Gasteiger charge is -2.20. The fourth-order valence-electron chi connectivity index (χ4n) is 1.82. The molecule has 0 atom stereocenters. The fraction of sp³-hybridized carbons (Fsp3) is 0.231. The zero-order valence-electron chi connectivity index (χ0n) is 11.4. The first-order valence-electron chi connectivity index (χ1n) is 6.26. The summed E-state index contributed by atoms with van der Waals surface area (Å²) >= 11 is 3.21. The van der Waals surface area contributed by atoms with Crippen molar-refractivity contribution in [2.45, 2.75) is 18.4 Å². The van der Waals surface area contributed by atoms with Crippen molar-refractivity contribution >= 4 is 31.8 Å². The van der Waals surface area contributed by atoms with E-state index >= 15 is 0 Å². The van der Waals surface area contributed by atoms with Crippen molar-refractivity contribution in [2.24, 2.45) is 0 Å². The van der Waals surface area contributed by atoms with Crippen LogP contribution in [0.25, 0.3) is 0 Å². The molecule has 0 bridgehead atoms. The Labute approximate surface area is 132 Å². The third-order valence-corrected chi connectivity index (χ3v) is 5.27. The van der Waals surface area contributed by atoms with Gasteiger partial charge in [-0.1, -0.05) is 13.0 Å². The lowest BCUT2D eigenvalue weighted by atomic mass is 10.3. The predicted molar refractivity (Wildman–Crippen MR) is 83.9 cm³/mol. The van der Waals surface area contributed by atoms with Crippen LogP contribution in [0.5, 0.6) is 0 Å². The maximum absolute atomic E-state index is 12.7. The van der Waals surface area contributed by atoms with Gasteiger partial charge in [-0.2, -0.15) is 4.31 Å². The zero-order chi connectivity index (χ0) is 15.5. The van der Waals surface area contributed by atoms with Crippen LogP contribution >= 0.6 is 15.9 Å². The molecular weight excluding hydrogens is 356 g/mol. The summed E-state index contributed by atoms with van der Waals surface area (Å²) in [6, 6.07) is 6.84. The van der Waals surface area contributed by atoms with Crippen molar-refractivity contribution in [3.63, 3.8) is 0 Å². The second kappa shape index (κ2) is 6.50. The number of anilines is 1. The Morgan fingerprint density at radius 3 is 2.71 bits per heavy atom. The molecule has 2 heterocycles. The molecule has 21 heavy (non-hydrogen) atoms. The van der Waals surface area contributed by atoms with Gasteiger partial charge in [0.05, 0.1) is 12.2 Å². The van der Waals surface area contributed by atoms with Crippen molar-refractivity contribution in [1.29, 1.82) is 0 Å². The van der Waals surface area contributed by atoms with Crippen LogP contribution in [0, 0.1) is 0 Å². The Morgan fingerprint density at radius 2 is 2.10 bits per heavy atom. The molecule has 0 saturated heterocycles. The number of nitrogens with zero attached hydrogens (tertiary/aromatic N) is 3. The van der Waals surface area contributed by atoms with Crippen LogP contribution in [0.2, 0.25) is 0 Å². The lowest BCUT2D eigenvalue weighted by molar-refractivity contribution is 0.419. The van der Waals surface area contributed by atoms with Crippen molar-refractivity contribution in [3.8, 4) is 0 Å². The Morgan fingerprint density at radius 1 is 1.33 bits per heavy atom. The average molecular weight is 371 g/mol. The van der Waals surface area contributed by atoms with Crippen LogP contribution in [0.4, 0.5) is 5.82 Å². The number of halogens is 1. The van der Waals surface area contributed by atoms with E-state index < -0.39 is 10.0 Å². The summed E-state index contributed by atoms with van der Waals surface area (Å²) in [5.41, 5.74) is 6.38. The summed E-state index contributed by atoms with van der Waals surface area (Å²) in [5, 5.41) is 0. The number of nitrogens with two attached hydrogens (primary N) is 1. The number of hydrogen-bond acceptors (Lipinski definition) is 5. The van der Waals surface area contributed by atoms with Gasteiger partial charge in [-0.15, -0.1) is 0 Å². The highest BCUT2D eigenvalue weighted by atomic mass is 79.9. The topological polar surface area (TPSA) is 89.2 Å². The van der Waals surface area contributed by atoms with Crippen LogP contribution in [-0.2, 0) is 16.6 Å². The number of sulfonamides is 1. The third-order valence-electron chi connectivity index (χ3n) is 2.88. The highest BCUT2D eigenvalue weighted by Gasteiger charge is 2.26. The first-order valence-corrected chi connectivity index (χ1v) is 8.49. The lowest BCUT2D eigenvalue weighted by Crippen LogP contribution is -2.31. The molecule has 2 aromatic rings. The molecular formula is C13H15BrN4O2S. The normalized spacial score (nSPS) is 11.8. The Balaban J connectivity index is 2.38. The van der Waals surface area contributed by atoms with Gasteiger partial charge in [-0.05, 0) is 34.1 Å². The van der Waals surface area contributed by atoms with Gasteiger partial charge >= 0.3 is 0 Å². The minimum atomic E-state index is -3.73. The maximum Gasteiger partial charge on any atom is 0.247 e. The van der Waals surface area contributed by atoms with E-state index in [0.29, 0.717) is 16.7 Å². The number of aromatic nitrogens is 2. The fourth-order valence-corrected chi connectivity index (χ4v) is 3.81. The van der Waals surface area contributed by atoms with Crippen molar-refractivity contribution in [3.05, 3.63) is 46.8 Å². The summed E-state index contributed by atoms with van der Waals surface area (Å²) in [6.07, 6.45) is 3.09.